The molecule has 11 heteroatoms. The van der Waals surface area contributed by atoms with E-state index in [1.54, 1.807) is 12.1 Å². The van der Waals surface area contributed by atoms with Crippen LogP contribution in [0.5, 0.6) is 0 Å². The van der Waals surface area contributed by atoms with Crippen LogP contribution in [0.25, 0.3) is 10.2 Å². The highest BCUT2D eigenvalue weighted by Crippen LogP contribution is 2.31. The zero-order valence-electron chi connectivity index (χ0n) is 18.0. The Balaban J connectivity index is 1.62. The molecule has 2 heterocycles. The third-order valence-corrected chi connectivity index (χ3v) is 8.01. The molecule has 0 N–H and O–H groups in total. The highest BCUT2D eigenvalue weighted by Gasteiger charge is 2.28. The summed E-state index contributed by atoms with van der Waals surface area (Å²) < 4.78 is 59.2. The van der Waals surface area contributed by atoms with Gasteiger partial charge in [-0.25, -0.2) is 22.2 Å². The number of rotatable bonds is 7. The lowest BCUT2D eigenvalue weighted by atomic mass is 10.2. The van der Waals surface area contributed by atoms with Crippen LogP contribution in [-0.2, 0) is 19.4 Å². The van der Waals surface area contributed by atoms with E-state index in [9.17, 15) is 22.0 Å². The summed E-state index contributed by atoms with van der Waals surface area (Å²) in [5.74, 6) is -3.01. The zero-order chi connectivity index (χ0) is 23.6. The summed E-state index contributed by atoms with van der Waals surface area (Å²) in [6, 6.07) is 8.13. The fourth-order valence-corrected chi connectivity index (χ4v) is 5.77. The molecule has 1 aliphatic rings. The summed E-state index contributed by atoms with van der Waals surface area (Å²) in [7, 11) is -3.90. The van der Waals surface area contributed by atoms with Crippen molar-refractivity contribution in [2.75, 3.05) is 50.0 Å². The van der Waals surface area contributed by atoms with Crippen LogP contribution in [0, 0.1) is 18.6 Å². The maximum atomic E-state index is 14.2. The summed E-state index contributed by atoms with van der Waals surface area (Å²) in [5, 5.41) is 0.131. The van der Waals surface area contributed by atoms with Crippen molar-refractivity contribution in [1.82, 2.24) is 9.88 Å². The molecule has 1 aliphatic heterocycles. The summed E-state index contributed by atoms with van der Waals surface area (Å²) >= 11 is 0.948. The Morgan fingerprint density at radius 2 is 1.88 bits per heavy atom. The van der Waals surface area contributed by atoms with E-state index in [1.807, 2.05) is 6.92 Å². The molecule has 0 atom stereocenters. The molecule has 0 unspecified atom stereocenters. The number of hydrogen-bond acceptors (Lipinski definition) is 7. The molecule has 1 aromatic heterocycles. The number of sulfone groups is 1. The smallest absolute Gasteiger partial charge is 0.244 e. The fraction of sp³-hybridized carbons (Fsp3) is 0.364. The van der Waals surface area contributed by atoms with Crippen LogP contribution in [0.2, 0.25) is 0 Å². The third kappa shape index (κ3) is 5.55. The Morgan fingerprint density at radius 3 is 2.58 bits per heavy atom. The second-order valence-corrected chi connectivity index (χ2v) is 10.8. The van der Waals surface area contributed by atoms with Crippen molar-refractivity contribution < 1.29 is 26.7 Å². The van der Waals surface area contributed by atoms with Crippen LogP contribution in [-0.4, -0.2) is 69.4 Å². The molecule has 0 spiro atoms. The SMILES string of the molecule is Cc1ccc(S(=O)(=O)CC(=O)N(CCN2CCOCC2)c2nc3c(F)cc(F)cc3s2)cc1. The Labute approximate surface area is 194 Å². The number of benzene rings is 2. The number of hydrogen-bond donors (Lipinski definition) is 0. The van der Waals surface area contributed by atoms with E-state index < -0.39 is 33.1 Å². The van der Waals surface area contributed by atoms with Gasteiger partial charge in [-0.3, -0.25) is 14.6 Å². The number of carbonyl (C=O) groups is 1. The van der Waals surface area contributed by atoms with Crippen LogP contribution in [0.3, 0.4) is 0 Å². The average Bonchev–Trinajstić information content (AvgIpc) is 3.18. The number of nitrogens with zero attached hydrogens (tertiary/aromatic N) is 3. The Morgan fingerprint density at radius 1 is 1.18 bits per heavy atom. The molecule has 0 bridgehead atoms. The lowest BCUT2D eigenvalue weighted by Crippen LogP contribution is -2.44. The summed E-state index contributed by atoms with van der Waals surface area (Å²) in [6.45, 7) is 4.97. The van der Waals surface area contributed by atoms with Gasteiger partial charge in [0, 0.05) is 32.2 Å². The first-order chi connectivity index (χ1) is 15.7. The maximum Gasteiger partial charge on any atom is 0.244 e. The van der Waals surface area contributed by atoms with E-state index in [2.05, 4.69) is 9.88 Å². The molecule has 33 heavy (non-hydrogen) atoms. The molecule has 4 rings (SSSR count). The number of anilines is 1. The molecule has 1 fully saturated rings. The number of amides is 1. The van der Waals surface area contributed by atoms with E-state index in [1.165, 1.54) is 17.0 Å². The standard InChI is InChI=1S/C22H23F2N3O4S2/c1-15-2-4-17(5-3-15)33(29,30)14-20(28)27(7-6-26-8-10-31-11-9-26)22-25-21-18(24)12-16(23)13-19(21)32-22/h2-5,12-13H,6-11,14H2,1H3. The number of halogens is 2. The Hall–Kier alpha value is -2.47. The zero-order valence-corrected chi connectivity index (χ0v) is 19.6. The van der Waals surface area contributed by atoms with Crippen molar-refractivity contribution in [2.24, 2.45) is 0 Å². The van der Waals surface area contributed by atoms with Gasteiger partial charge in [0.05, 0.1) is 22.8 Å². The molecular weight excluding hydrogens is 472 g/mol. The van der Waals surface area contributed by atoms with Gasteiger partial charge in [-0.1, -0.05) is 29.0 Å². The first kappa shape index (κ1) is 23.7. The molecule has 0 aliphatic carbocycles. The minimum absolute atomic E-state index is 0.0481. The van der Waals surface area contributed by atoms with Crippen molar-refractivity contribution in [3.8, 4) is 0 Å². The third-order valence-electron chi connectivity index (χ3n) is 5.37. The van der Waals surface area contributed by atoms with Gasteiger partial charge >= 0.3 is 0 Å². The van der Waals surface area contributed by atoms with Crippen molar-refractivity contribution in [3.63, 3.8) is 0 Å². The number of aromatic nitrogens is 1. The predicted molar refractivity (Wildman–Crippen MR) is 122 cm³/mol. The van der Waals surface area contributed by atoms with E-state index in [0.29, 0.717) is 32.8 Å². The second kappa shape index (κ2) is 9.80. The van der Waals surface area contributed by atoms with Crippen molar-refractivity contribution in [1.29, 1.82) is 0 Å². The average molecular weight is 496 g/mol. The molecule has 3 aromatic rings. The first-order valence-corrected chi connectivity index (χ1v) is 12.9. The van der Waals surface area contributed by atoms with Gasteiger partial charge in [0.2, 0.25) is 5.91 Å². The van der Waals surface area contributed by atoms with Crippen molar-refractivity contribution >= 4 is 42.4 Å². The molecule has 1 saturated heterocycles. The number of thiazole rings is 1. The van der Waals surface area contributed by atoms with Gasteiger partial charge in [-0.05, 0) is 25.1 Å². The van der Waals surface area contributed by atoms with Gasteiger partial charge in [0.15, 0.2) is 20.8 Å². The van der Waals surface area contributed by atoms with E-state index in [-0.39, 0.29) is 26.8 Å². The molecular formula is C22H23F2N3O4S2. The van der Waals surface area contributed by atoms with Gasteiger partial charge < -0.3 is 4.74 Å². The van der Waals surface area contributed by atoms with Crippen LogP contribution in [0.1, 0.15) is 5.56 Å². The van der Waals surface area contributed by atoms with Gasteiger partial charge in [-0.2, -0.15) is 0 Å². The van der Waals surface area contributed by atoms with Gasteiger partial charge in [0.25, 0.3) is 0 Å². The quantitative estimate of drug-likeness (QED) is 0.501. The van der Waals surface area contributed by atoms with Gasteiger partial charge in [-0.15, -0.1) is 0 Å². The van der Waals surface area contributed by atoms with E-state index in [4.69, 9.17) is 4.74 Å². The minimum atomic E-state index is -3.90. The highest BCUT2D eigenvalue weighted by molar-refractivity contribution is 7.92. The fourth-order valence-electron chi connectivity index (χ4n) is 3.52. The van der Waals surface area contributed by atoms with Crippen molar-refractivity contribution in [3.05, 3.63) is 53.6 Å². The molecule has 0 saturated carbocycles. The predicted octanol–water partition coefficient (Wildman–Crippen LogP) is 3.02. The van der Waals surface area contributed by atoms with Gasteiger partial charge in [0.1, 0.15) is 17.1 Å². The van der Waals surface area contributed by atoms with Crippen molar-refractivity contribution in [2.45, 2.75) is 11.8 Å². The van der Waals surface area contributed by atoms with Crippen LogP contribution >= 0.6 is 11.3 Å². The van der Waals surface area contributed by atoms with Crippen LogP contribution in [0.15, 0.2) is 41.3 Å². The number of morpholine rings is 1. The molecule has 176 valence electrons. The monoisotopic (exact) mass is 495 g/mol. The summed E-state index contributed by atoms with van der Waals surface area (Å²) in [5.41, 5.74) is 0.845. The molecule has 2 aromatic carbocycles. The summed E-state index contributed by atoms with van der Waals surface area (Å²) in [4.78, 5) is 20.8. The minimum Gasteiger partial charge on any atom is -0.379 e. The van der Waals surface area contributed by atoms with Crippen LogP contribution in [0.4, 0.5) is 13.9 Å². The summed E-state index contributed by atoms with van der Waals surface area (Å²) in [6.07, 6.45) is 0. The van der Waals surface area contributed by atoms with E-state index >= 15 is 0 Å². The normalized spacial score (nSPS) is 15.1. The lowest BCUT2D eigenvalue weighted by Gasteiger charge is -2.29. The largest absolute Gasteiger partial charge is 0.379 e. The Bertz CT molecular complexity index is 1260. The maximum absolute atomic E-state index is 14.2. The van der Waals surface area contributed by atoms with E-state index in [0.717, 1.165) is 29.0 Å². The number of carbonyl (C=O) groups excluding carboxylic acids is 1. The molecule has 0 radical (unpaired) electrons. The second-order valence-electron chi connectivity index (χ2n) is 7.80. The molecule has 1 amide bonds. The Kier molecular flexibility index (Phi) is 7.03. The molecule has 7 nitrogen and oxygen atoms in total. The first-order valence-electron chi connectivity index (χ1n) is 10.4. The van der Waals surface area contributed by atoms with Crippen LogP contribution < -0.4 is 4.90 Å². The number of ether oxygens (including phenoxy) is 1. The number of fused-ring (bicyclic) bond motifs is 1. The highest BCUT2D eigenvalue weighted by atomic mass is 32.2. The lowest BCUT2D eigenvalue weighted by molar-refractivity contribution is -0.116. The topological polar surface area (TPSA) is 79.8 Å². The number of aryl methyl sites for hydroxylation is 1.